The molecule has 0 aliphatic heterocycles. The van der Waals surface area contributed by atoms with Crippen LogP contribution in [0, 0.1) is 0 Å². The third-order valence-corrected chi connectivity index (χ3v) is 2.16. The Hall–Kier alpha value is -2.23. The fourth-order valence-electron chi connectivity index (χ4n) is 1.47. The zero-order valence-electron chi connectivity index (χ0n) is 7.79. The van der Waals surface area contributed by atoms with E-state index in [1.54, 1.807) is 12.4 Å². The Kier molecular flexibility index (Phi) is 1.71. The van der Waals surface area contributed by atoms with E-state index in [-0.39, 0.29) is 0 Å². The number of fused-ring (bicyclic) bond motifs is 1. The highest BCUT2D eigenvalue weighted by Gasteiger charge is 2.10. The van der Waals surface area contributed by atoms with Gasteiger partial charge in [-0.2, -0.15) is 0 Å². The fourth-order valence-corrected chi connectivity index (χ4v) is 1.47. The molecular weight excluding hydrogens is 190 g/mol. The lowest BCUT2D eigenvalue weighted by Crippen LogP contribution is -1.80. The van der Waals surface area contributed by atoms with Gasteiger partial charge >= 0.3 is 0 Å². The highest BCUT2D eigenvalue weighted by molar-refractivity contribution is 5.85. The van der Waals surface area contributed by atoms with Crippen LogP contribution in [0.4, 0.5) is 0 Å². The van der Waals surface area contributed by atoms with Crippen molar-refractivity contribution in [3.05, 3.63) is 42.7 Å². The molecule has 3 rings (SSSR count). The van der Waals surface area contributed by atoms with Gasteiger partial charge in [0.15, 0.2) is 5.52 Å². The summed E-state index contributed by atoms with van der Waals surface area (Å²) >= 11 is 0. The number of hydrogen-bond donors (Lipinski definition) is 0. The SMILES string of the molecule is c1ccc(-c2noc3nccnc23)cc1. The second-order valence-corrected chi connectivity index (χ2v) is 3.11. The molecule has 3 aromatic rings. The summed E-state index contributed by atoms with van der Waals surface area (Å²) < 4.78 is 5.08. The van der Waals surface area contributed by atoms with E-state index >= 15 is 0 Å². The molecule has 0 saturated heterocycles. The third kappa shape index (κ3) is 1.27. The molecule has 4 heteroatoms. The molecule has 0 bridgehead atoms. The molecule has 0 amide bonds. The number of hydrogen-bond acceptors (Lipinski definition) is 4. The Morgan fingerprint density at radius 3 is 2.60 bits per heavy atom. The van der Waals surface area contributed by atoms with Crippen LogP contribution in [0.3, 0.4) is 0 Å². The standard InChI is InChI=1S/C11H7N3O/c1-2-4-8(5-3-1)9-10-11(15-14-9)13-7-6-12-10/h1-7H. The summed E-state index contributed by atoms with van der Waals surface area (Å²) in [5, 5.41) is 3.97. The van der Waals surface area contributed by atoms with Gasteiger partial charge in [0.05, 0.1) is 0 Å². The Morgan fingerprint density at radius 1 is 0.933 bits per heavy atom. The first-order chi connectivity index (χ1) is 7.45. The summed E-state index contributed by atoms with van der Waals surface area (Å²) in [5.41, 5.74) is 2.88. The van der Waals surface area contributed by atoms with Gasteiger partial charge in [-0.15, -0.1) is 0 Å². The highest BCUT2D eigenvalue weighted by Crippen LogP contribution is 2.23. The Balaban J connectivity index is 2.28. The molecule has 0 N–H and O–H groups in total. The molecule has 0 saturated carbocycles. The maximum Gasteiger partial charge on any atom is 0.277 e. The highest BCUT2D eigenvalue weighted by atomic mass is 16.5. The Morgan fingerprint density at radius 2 is 1.73 bits per heavy atom. The molecule has 0 radical (unpaired) electrons. The molecular formula is C11H7N3O. The Bertz CT molecular complexity index is 589. The van der Waals surface area contributed by atoms with Crippen LogP contribution < -0.4 is 0 Å². The van der Waals surface area contributed by atoms with E-state index in [4.69, 9.17) is 4.52 Å². The second kappa shape index (κ2) is 3.16. The Labute approximate surface area is 85.6 Å². The lowest BCUT2D eigenvalue weighted by atomic mass is 10.1. The molecule has 4 nitrogen and oxygen atoms in total. The minimum Gasteiger partial charge on any atom is -0.333 e. The molecule has 72 valence electrons. The predicted octanol–water partition coefficient (Wildman–Crippen LogP) is 2.28. The number of nitrogens with zero attached hydrogens (tertiary/aromatic N) is 3. The first kappa shape index (κ1) is 8.11. The van der Waals surface area contributed by atoms with Crippen molar-refractivity contribution in [3.8, 4) is 11.3 Å². The van der Waals surface area contributed by atoms with Crippen LogP contribution in [0.5, 0.6) is 0 Å². The van der Waals surface area contributed by atoms with E-state index in [2.05, 4.69) is 15.1 Å². The van der Waals surface area contributed by atoms with Crippen LogP contribution in [0.25, 0.3) is 22.5 Å². The van der Waals surface area contributed by atoms with Crippen molar-refractivity contribution in [3.63, 3.8) is 0 Å². The zero-order valence-corrected chi connectivity index (χ0v) is 7.79. The van der Waals surface area contributed by atoms with Gasteiger partial charge in [0, 0.05) is 18.0 Å². The first-order valence-electron chi connectivity index (χ1n) is 4.57. The van der Waals surface area contributed by atoms with E-state index < -0.39 is 0 Å². The lowest BCUT2D eigenvalue weighted by molar-refractivity contribution is 0.451. The smallest absolute Gasteiger partial charge is 0.277 e. The summed E-state index contributed by atoms with van der Waals surface area (Å²) in [5.74, 6) is 0. The summed E-state index contributed by atoms with van der Waals surface area (Å²) in [4.78, 5) is 8.23. The van der Waals surface area contributed by atoms with Crippen molar-refractivity contribution >= 4 is 11.2 Å². The number of benzene rings is 1. The maximum atomic E-state index is 5.08. The summed E-state index contributed by atoms with van der Waals surface area (Å²) in [6.45, 7) is 0. The summed E-state index contributed by atoms with van der Waals surface area (Å²) in [6.07, 6.45) is 3.22. The van der Waals surface area contributed by atoms with Crippen LogP contribution in [0.1, 0.15) is 0 Å². The van der Waals surface area contributed by atoms with Gasteiger partial charge in [0.1, 0.15) is 5.69 Å². The maximum absolute atomic E-state index is 5.08. The normalized spacial score (nSPS) is 10.7. The summed E-state index contributed by atoms with van der Waals surface area (Å²) in [6, 6.07) is 9.79. The average Bonchev–Trinajstić information content (AvgIpc) is 2.74. The van der Waals surface area contributed by atoms with Crippen molar-refractivity contribution in [2.24, 2.45) is 0 Å². The molecule has 0 aliphatic carbocycles. The first-order valence-corrected chi connectivity index (χ1v) is 4.57. The molecule has 0 atom stereocenters. The molecule has 0 spiro atoms. The van der Waals surface area contributed by atoms with Crippen LogP contribution >= 0.6 is 0 Å². The lowest BCUT2D eigenvalue weighted by Gasteiger charge is -1.93. The molecule has 2 heterocycles. The zero-order chi connectivity index (χ0) is 10.1. The van der Waals surface area contributed by atoms with Gasteiger partial charge in [-0.1, -0.05) is 35.5 Å². The van der Waals surface area contributed by atoms with Gasteiger partial charge in [0.25, 0.3) is 5.71 Å². The fraction of sp³-hybridized carbons (Fsp3) is 0. The van der Waals surface area contributed by atoms with Crippen LogP contribution in [0.2, 0.25) is 0 Å². The van der Waals surface area contributed by atoms with Gasteiger partial charge in [0.2, 0.25) is 0 Å². The molecule has 0 aliphatic rings. The van der Waals surface area contributed by atoms with Crippen molar-refractivity contribution in [1.82, 2.24) is 15.1 Å². The monoisotopic (exact) mass is 197 g/mol. The van der Waals surface area contributed by atoms with Crippen molar-refractivity contribution < 1.29 is 4.52 Å². The van der Waals surface area contributed by atoms with Gasteiger partial charge < -0.3 is 4.52 Å². The van der Waals surface area contributed by atoms with E-state index in [0.29, 0.717) is 11.2 Å². The number of rotatable bonds is 1. The number of aromatic nitrogens is 3. The van der Waals surface area contributed by atoms with Gasteiger partial charge in [-0.3, -0.25) is 0 Å². The second-order valence-electron chi connectivity index (χ2n) is 3.11. The van der Waals surface area contributed by atoms with E-state index in [1.165, 1.54) is 0 Å². The van der Waals surface area contributed by atoms with Gasteiger partial charge in [-0.05, 0) is 0 Å². The molecule has 15 heavy (non-hydrogen) atoms. The minimum absolute atomic E-state index is 0.469. The van der Waals surface area contributed by atoms with Crippen molar-refractivity contribution in [2.75, 3.05) is 0 Å². The molecule has 1 aromatic carbocycles. The van der Waals surface area contributed by atoms with E-state index in [9.17, 15) is 0 Å². The molecule has 0 fully saturated rings. The summed E-state index contributed by atoms with van der Waals surface area (Å²) in [7, 11) is 0. The predicted molar refractivity (Wildman–Crippen MR) is 55.0 cm³/mol. The third-order valence-electron chi connectivity index (χ3n) is 2.16. The van der Waals surface area contributed by atoms with Crippen LogP contribution in [-0.4, -0.2) is 15.1 Å². The van der Waals surface area contributed by atoms with Crippen LogP contribution in [-0.2, 0) is 0 Å². The van der Waals surface area contributed by atoms with E-state index in [1.807, 2.05) is 30.3 Å². The average molecular weight is 197 g/mol. The van der Waals surface area contributed by atoms with Crippen molar-refractivity contribution in [1.29, 1.82) is 0 Å². The van der Waals surface area contributed by atoms with Crippen molar-refractivity contribution in [2.45, 2.75) is 0 Å². The van der Waals surface area contributed by atoms with E-state index in [0.717, 1.165) is 11.3 Å². The molecule has 2 aromatic heterocycles. The quantitative estimate of drug-likeness (QED) is 0.600. The van der Waals surface area contributed by atoms with Crippen LogP contribution in [0.15, 0.2) is 47.2 Å². The topological polar surface area (TPSA) is 51.8 Å². The largest absolute Gasteiger partial charge is 0.333 e. The molecule has 0 unspecified atom stereocenters. The van der Waals surface area contributed by atoms with Gasteiger partial charge in [-0.25, -0.2) is 9.97 Å². The minimum atomic E-state index is 0.469.